The van der Waals surface area contributed by atoms with Gasteiger partial charge in [-0.3, -0.25) is 9.59 Å². The number of hydrogen-bond donors (Lipinski definition) is 2. The summed E-state index contributed by atoms with van der Waals surface area (Å²) in [5.74, 6) is -1.17. The number of hydrogen-bond acceptors (Lipinski definition) is 5. The Morgan fingerprint density at radius 3 is 2.58 bits per heavy atom. The largest absolute Gasteiger partial charge is 0.481 e. The Hall–Kier alpha value is -1.47. The molecule has 3 N–H and O–H groups in total. The number of carboxylic acid groups (broad SMARTS) is 1. The van der Waals surface area contributed by atoms with E-state index < -0.39 is 5.97 Å². The molecule has 106 valence electrons. The fourth-order valence-corrected chi connectivity index (χ4v) is 2.51. The van der Waals surface area contributed by atoms with E-state index >= 15 is 0 Å². The molecule has 1 amide bonds. The van der Waals surface area contributed by atoms with Crippen molar-refractivity contribution in [3.63, 3.8) is 0 Å². The first-order chi connectivity index (χ1) is 8.86. The van der Waals surface area contributed by atoms with Crippen LogP contribution in [-0.2, 0) is 4.79 Å². The van der Waals surface area contributed by atoms with Gasteiger partial charge in [-0.2, -0.15) is 0 Å². The summed E-state index contributed by atoms with van der Waals surface area (Å²) in [6, 6.07) is -0.575. The highest BCUT2D eigenvalue weighted by Crippen LogP contribution is 2.18. The first-order valence-corrected chi connectivity index (χ1v) is 6.98. The Balaban J connectivity index is 2.85. The molecule has 2 atom stereocenters. The van der Waals surface area contributed by atoms with Gasteiger partial charge in [-0.15, -0.1) is 11.3 Å². The van der Waals surface area contributed by atoms with Crippen LogP contribution in [0.2, 0.25) is 0 Å². The Bertz CT molecular complexity index is 459. The van der Waals surface area contributed by atoms with E-state index in [0.29, 0.717) is 17.2 Å². The van der Waals surface area contributed by atoms with Crippen molar-refractivity contribution in [2.24, 2.45) is 5.73 Å². The van der Waals surface area contributed by atoms with E-state index in [2.05, 4.69) is 4.98 Å². The molecule has 0 aromatic carbocycles. The lowest BCUT2D eigenvalue weighted by Crippen LogP contribution is -2.39. The predicted molar refractivity (Wildman–Crippen MR) is 73.1 cm³/mol. The summed E-state index contributed by atoms with van der Waals surface area (Å²) < 4.78 is 0. The maximum absolute atomic E-state index is 12.3. The first-order valence-electron chi connectivity index (χ1n) is 6.10. The fraction of sp³-hybridized carbons (Fsp3) is 0.583. The molecule has 1 heterocycles. The zero-order chi connectivity index (χ0) is 14.6. The normalized spacial score (nSPS) is 13.9. The molecule has 0 aliphatic rings. The number of rotatable bonds is 6. The van der Waals surface area contributed by atoms with Crippen molar-refractivity contribution in [1.82, 2.24) is 9.88 Å². The number of thiazole rings is 1. The van der Waals surface area contributed by atoms with E-state index in [1.807, 2.05) is 6.92 Å². The summed E-state index contributed by atoms with van der Waals surface area (Å²) in [7, 11) is 0. The molecular weight excluding hydrogens is 266 g/mol. The van der Waals surface area contributed by atoms with Crippen molar-refractivity contribution < 1.29 is 14.7 Å². The Kier molecular flexibility index (Phi) is 5.44. The summed E-state index contributed by atoms with van der Waals surface area (Å²) in [5.41, 5.74) is 6.04. The minimum absolute atomic E-state index is 0.0795. The van der Waals surface area contributed by atoms with Crippen molar-refractivity contribution >= 4 is 23.2 Å². The maximum Gasteiger partial charge on any atom is 0.305 e. The summed E-state index contributed by atoms with van der Waals surface area (Å²) in [5, 5.41) is 11.2. The van der Waals surface area contributed by atoms with Crippen LogP contribution in [0.4, 0.5) is 0 Å². The molecule has 7 heteroatoms. The lowest BCUT2D eigenvalue weighted by atomic mass is 10.2. The molecule has 19 heavy (non-hydrogen) atoms. The van der Waals surface area contributed by atoms with E-state index in [9.17, 15) is 9.59 Å². The quantitative estimate of drug-likeness (QED) is 0.825. The fourth-order valence-electron chi connectivity index (χ4n) is 1.76. The van der Waals surface area contributed by atoms with Gasteiger partial charge in [0.25, 0.3) is 5.91 Å². The van der Waals surface area contributed by atoms with E-state index in [-0.39, 0.29) is 24.4 Å². The average molecular weight is 285 g/mol. The highest BCUT2D eigenvalue weighted by molar-refractivity contribution is 7.09. The van der Waals surface area contributed by atoms with Gasteiger partial charge in [0.1, 0.15) is 10.7 Å². The SMILES string of the molecule is CCN(C(=O)c1csc(C(C)N)n1)C(C)CC(=O)O. The molecule has 1 rings (SSSR count). The second-order valence-corrected chi connectivity index (χ2v) is 5.29. The Morgan fingerprint density at radius 1 is 1.53 bits per heavy atom. The third-order valence-electron chi connectivity index (χ3n) is 2.73. The van der Waals surface area contributed by atoms with Crippen molar-refractivity contribution in [2.45, 2.75) is 39.3 Å². The van der Waals surface area contributed by atoms with E-state index in [0.717, 1.165) is 0 Å². The van der Waals surface area contributed by atoms with Crippen LogP contribution in [0, 0.1) is 0 Å². The summed E-state index contributed by atoms with van der Waals surface area (Å²) in [4.78, 5) is 28.7. The van der Waals surface area contributed by atoms with Gasteiger partial charge in [-0.05, 0) is 20.8 Å². The number of carboxylic acids is 1. The van der Waals surface area contributed by atoms with Crippen LogP contribution in [0.15, 0.2) is 5.38 Å². The van der Waals surface area contributed by atoms with Gasteiger partial charge in [0.2, 0.25) is 0 Å². The second-order valence-electron chi connectivity index (χ2n) is 4.40. The summed E-state index contributed by atoms with van der Waals surface area (Å²) in [6.07, 6.45) is -0.0795. The van der Waals surface area contributed by atoms with Crippen LogP contribution < -0.4 is 5.73 Å². The highest BCUT2D eigenvalue weighted by Gasteiger charge is 2.24. The van der Waals surface area contributed by atoms with Gasteiger partial charge in [0.15, 0.2) is 0 Å². The van der Waals surface area contributed by atoms with Crippen molar-refractivity contribution in [3.8, 4) is 0 Å². The zero-order valence-electron chi connectivity index (χ0n) is 11.3. The molecule has 0 radical (unpaired) electrons. The van der Waals surface area contributed by atoms with E-state index in [4.69, 9.17) is 10.8 Å². The zero-order valence-corrected chi connectivity index (χ0v) is 12.1. The van der Waals surface area contributed by atoms with Crippen molar-refractivity contribution in [2.75, 3.05) is 6.54 Å². The summed E-state index contributed by atoms with van der Waals surface area (Å²) in [6.45, 7) is 5.78. The molecule has 0 aliphatic heterocycles. The number of aliphatic carboxylic acids is 1. The monoisotopic (exact) mass is 285 g/mol. The third-order valence-corrected chi connectivity index (χ3v) is 3.78. The first kappa shape index (κ1) is 15.6. The number of nitrogens with zero attached hydrogens (tertiary/aromatic N) is 2. The van der Waals surface area contributed by atoms with E-state index in [1.54, 1.807) is 19.2 Å². The minimum atomic E-state index is -0.923. The van der Waals surface area contributed by atoms with Crippen LogP contribution in [-0.4, -0.2) is 39.5 Å². The lowest BCUT2D eigenvalue weighted by Gasteiger charge is -2.26. The highest BCUT2D eigenvalue weighted by atomic mass is 32.1. The number of amides is 1. The van der Waals surface area contributed by atoms with Gasteiger partial charge in [0, 0.05) is 18.0 Å². The van der Waals surface area contributed by atoms with Crippen LogP contribution in [0.25, 0.3) is 0 Å². The standard InChI is InChI=1S/C12H19N3O3S/c1-4-15(7(2)5-10(16)17)12(18)9-6-19-11(14-9)8(3)13/h6-8H,4-5,13H2,1-3H3,(H,16,17). The smallest absolute Gasteiger partial charge is 0.305 e. The molecule has 0 spiro atoms. The van der Waals surface area contributed by atoms with Crippen LogP contribution in [0.1, 0.15) is 48.7 Å². The topological polar surface area (TPSA) is 96.5 Å². The molecule has 6 nitrogen and oxygen atoms in total. The molecule has 2 unspecified atom stereocenters. The number of nitrogens with two attached hydrogens (primary N) is 1. The van der Waals surface area contributed by atoms with Crippen LogP contribution >= 0.6 is 11.3 Å². The van der Waals surface area contributed by atoms with Gasteiger partial charge in [-0.25, -0.2) is 4.98 Å². The van der Waals surface area contributed by atoms with Gasteiger partial charge >= 0.3 is 5.97 Å². The Labute approximate surface area is 116 Å². The number of aromatic nitrogens is 1. The third kappa shape index (κ3) is 4.00. The Morgan fingerprint density at radius 2 is 2.16 bits per heavy atom. The molecule has 0 bridgehead atoms. The lowest BCUT2D eigenvalue weighted by molar-refractivity contribution is -0.138. The van der Waals surface area contributed by atoms with Gasteiger partial charge in [-0.1, -0.05) is 0 Å². The molecule has 1 aromatic rings. The average Bonchev–Trinajstić information content (AvgIpc) is 2.77. The van der Waals surface area contributed by atoms with Crippen LogP contribution in [0.3, 0.4) is 0 Å². The van der Waals surface area contributed by atoms with Crippen molar-refractivity contribution in [3.05, 3.63) is 16.1 Å². The van der Waals surface area contributed by atoms with Gasteiger partial charge in [0.05, 0.1) is 12.5 Å². The minimum Gasteiger partial charge on any atom is -0.481 e. The molecule has 0 fully saturated rings. The summed E-state index contributed by atoms with van der Waals surface area (Å²) >= 11 is 1.34. The number of carbonyl (C=O) groups is 2. The predicted octanol–water partition coefficient (Wildman–Crippen LogP) is 1.49. The molecule has 0 aliphatic carbocycles. The maximum atomic E-state index is 12.3. The van der Waals surface area contributed by atoms with Gasteiger partial charge < -0.3 is 15.7 Å². The van der Waals surface area contributed by atoms with E-state index in [1.165, 1.54) is 16.2 Å². The molecule has 0 saturated carbocycles. The molecule has 0 saturated heterocycles. The number of carbonyl (C=O) groups excluding carboxylic acids is 1. The van der Waals surface area contributed by atoms with Crippen LogP contribution in [0.5, 0.6) is 0 Å². The van der Waals surface area contributed by atoms with Crippen molar-refractivity contribution in [1.29, 1.82) is 0 Å². The molecular formula is C12H19N3O3S. The molecule has 1 aromatic heterocycles. The second kappa shape index (κ2) is 6.63.